The van der Waals surface area contributed by atoms with Crippen LogP contribution in [0.15, 0.2) is 66.7 Å². The average molecular weight is 488 g/mol. The highest BCUT2D eigenvalue weighted by Gasteiger charge is 2.30. The second kappa shape index (κ2) is 11.6. The molecule has 0 saturated heterocycles. The van der Waals surface area contributed by atoms with Crippen molar-refractivity contribution in [2.75, 3.05) is 27.9 Å². The molecule has 3 rings (SSSR count). The number of amides is 1. The van der Waals surface area contributed by atoms with Gasteiger partial charge in [0.2, 0.25) is 5.91 Å². The molecule has 0 radical (unpaired) electrons. The molecular formula is C27H28F3NO4. The largest absolute Gasteiger partial charge is 0.497 e. The van der Waals surface area contributed by atoms with Crippen molar-refractivity contribution < 1.29 is 32.2 Å². The summed E-state index contributed by atoms with van der Waals surface area (Å²) in [5.41, 5.74) is 1.66. The molecule has 0 spiro atoms. The van der Waals surface area contributed by atoms with E-state index in [9.17, 15) is 18.0 Å². The summed E-state index contributed by atoms with van der Waals surface area (Å²) in [6.45, 7) is 0.575. The topological polar surface area (TPSA) is 48.0 Å². The lowest BCUT2D eigenvalue weighted by atomic mass is 10.1. The van der Waals surface area contributed by atoms with Crippen LogP contribution in [0.2, 0.25) is 0 Å². The van der Waals surface area contributed by atoms with Crippen molar-refractivity contribution in [2.45, 2.75) is 25.6 Å². The highest BCUT2D eigenvalue weighted by molar-refractivity contribution is 5.78. The number of methoxy groups -OCH3 is 3. The predicted octanol–water partition coefficient (Wildman–Crippen LogP) is 5.55. The molecule has 0 aliphatic carbocycles. The van der Waals surface area contributed by atoms with E-state index in [0.717, 1.165) is 23.3 Å². The number of halogens is 3. The molecule has 8 heteroatoms. The summed E-state index contributed by atoms with van der Waals surface area (Å²) in [4.78, 5) is 14.9. The zero-order chi connectivity index (χ0) is 25.4. The van der Waals surface area contributed by atoms with Crippen molar-refractivity contribution in [1.29, 1.82) is 0 Å². The zero-order valence-corrected chi connectivity index (χ0v) is 19.9. The SMILES string of the molecule is COc1ccc(CC(=O)N(CCc2ccc(OC)c(OC)c2)Cc2ccc(C(F)(F)F)cc2)cc1. The Labute approximate surface area is 203 Å². The van der Waals surface area contributed by atoms with Gasteiger partial charge in [0, 0.05) is 13.1 Å². The van der Waals surface area contributed by atoms with E-state index < -0.39 is 11.7 Å². The summed E-state index contributed by atoms with van der Waals surface area (Å²) < 4.78 is 54.6. The summed E-state index contributed by atoms with van der Waals surface area (Å²) in [5, 5.41) is 0. The minimum Gasteiger partial charge on any atom is -0.497 e. The Morgan fingerprint density at radius 2 is 1.37 bits per heavy atom. The van der Waals surface area contributed by atoms with Crippen LogP contribution in [0.5, 0.6) is 17.2 Å². The van der Waals surface area contributed by atoms with Gasteiger partial charge >= 0.3 is 6.18 Å². The highest BCUT2D eigenvalue weighted by Crippen LogP contribution is 2.30. The molecule has 0 aliphatic rings. The molecule has 3 aromatic carbocycles. The Morgan fingerprint density at radius 3 is 1.94 bits per heavy atom. The Morgan fingerprint density at radius 1 is 0.771 bits per heavy atom. The van der Waals surface area contributed by atoms with E-state index in [1.807, 2.05) is 24.3 Å². The average Bonchev–Trinajstić information content (AvgIpc) is 2.86. The zero-order valence-electron chi connectivity index (χ0n) is 19.9. The summed E-state index contributed by atoms with van der Waals surface area (Å²) >= 11 is 0. The first-order valence-electron chi connectivity index (χ1n) is 11.0. The maximum Gasteiger partial charge on any atom is 0.416 e. The number of hydrogen-bond acceptors (Lipinski definition) is 4. The molecule has 35 heavy (non-hydrogen) atoms. The molecule has 0 bridgehead atoms. The van der Waals surface area contributed by atoms with Gasteiger partial charge < -0.3 is 19.1 Å². The molecule has 0 aromatic heterocycles. The van der Waals surface area contributed by atoms with Crippen LogP contribution in [0.3, 0.4) is 0 Å². The van der Waals surface area contributed by atoms with Crippen LogP contribution in [-0.4, -0.2) is 38.7 Å². The van der Waals surface area contributed by atoms with E-state index in [-0.39, 0.29) is 18.9 Å². The van der Waals surface area contributed by atoms with Gasteiger partial charge in [-0.15, -0.1) is 0 Å². The Bertz CT molecular complexity index is 1110. The standard InChI is InChI=1S/C27H28F3NO4/c1-33-23-11-6-19(7-12-23)17-26(32)31(18-21-4-9-22(10-5-21)27(28,29)30)15-14-20-8-13-24(34-2)25(16-20)35-3/h4-13,16H,14-15,17-18H2,1-3H3. The molecule has 0 unspecified atom stereocenters. The second-order valence-corrected chi connectivity index (χ2v) is 7.97. The number of ether oxygens (including phenoxy) is 3. The third-order valence-electron chi connectivity index (χ3n) is 5.64. The summed E-state index contributed by atoms with van der Waals surface area (Å²) in [7, 11) is 4.68. The fourth-order valence-corrected chi connectivity index (χ4v) is 3.64. The Hall–Kier alpha value is -3.68. The Balaban J connectivity index is 1.78. The summed E-state index contributed by atoms with van der Waals surface area (Å²) in [6.07, 6.45) is -3.71. The first kappa shape index (κ1) is 25.9. The van der Waals surface area contributed by atoms with Crippen molar-refractivity contribution in [3.8, 4) is 17.2 Å². The van der Waals surface area contributed by atoms with Crippen LogP contribution in [0, 0.1) is 0 Å². The molecule has 0 atom stereocenters. The molecule has 5 nitrogen and oxygen atoms in total. The van der Waals surface area contributed by atoms with Crippen molar-refractivity contribution in [3.05, 3.63) is 89.0 Å². The molecular weight excluding hydrogens is 459 g/mol. The lowest BCUT2D eigenvalue weighted by molar-refractivity contribution is -0.137. The minimum atomic E-state index is -4.41. The molecule has 1 amide bonds. The van der Waals surface area contributed by atoms with Gasteiger partial charge in [-0.25, -0.2) is 0 Å². The van der Waals surface area contributed by atoms with Crippen LogP contribution in [0.25, 0.3) is 0 Å². The number of rotatable bonds is 10. The van der Waals surface area contributed by atoms with E-state index in [4.69, 9.17) is 14.2 Å². The van der Waals surface area contributed by atoms with Gasteiger partial charge in [0.15, 0.2) is 11.5 Å². The van der Waals surface area contributed by atoms with E-state index in [2.05, 4.69) is 0 Å². The molecule has 0 N–H and O–H groups in total. The number of alkyl halides is 3. The highest BCUT2D eigenvalue weighted by atomic mass is 19.4. The molecule has 0 fully saturated rings. The molecule has 186 valence electrons. The number of benzene rings is 3. The van der Waals surface area contributed by atoms with Gasteiger partial charge in [-0.2, -0.15) is 13.2 Å². The second-order valence-electron chi connectivity index (χ2n) is 7.97. The van der Waals surface area contributed by atoms with Crippen molar-refractivity contribution in [2.24, 2.45) is 0 Å². The lowest BCUT2D eigenvalue weighted by Crippen LogP contribution is -2.33. The first-order valence-corrected chi connectivity index (χ1v) is 11.0. The van der Waals surface area contributed by atoms with Gasteiger partial charge in [-0.1, -0.05) is 30.3 Å². The quantitative estimate of drug-likeness (QED) is 0.377. The van der Waals surface area contributed by atoms with Gasteiger partial charge in [0.25, 0.3) is 0 Å². The van der Waals surface area contributed by atoms with E-state index in [1.165, 1.54) is 12.1 Å². The maximum absolute atomic E-state index is 13.2. The van der Waals surface area contributed by atoms with Crippen molar-refractivity contribution in [3.63, 3.8) is 0 Å². The monoisotopic (exact) mass is 487 g/mol. The van der Waals surface area contributed by atoms with Crippen LogP contribution in [0.1, 0.15) is 22.3 Å². The van der Waals surface area contributed by atoms with Crippen molar-refractivity contribution >= 4 is 5.91 Å². The lowest BCUT2D eigenvalue weighted by Gasteiger charge is -2.24. The summed E-state index contributed by atoms with van der Waals surface area (Å²) in [6, 6.07) is 17.6. The number of hydrogen-bond donors (Lipinski definition) is 0. The third-order valence-corrected chi connectivity index (χ3v) is 5.64. The van der Waals surface area contributed by atoms with Crippen molar-refractivity contribution in [1.82, 2.24) is 4.90 Å². The minimum absolute atomic E-state index is 0.129. The third kappa shape index (κ3) is 7.15. The van der Waals surface area contributed by atoms with Gasteiger partial charge in [-0.3, -0.25) is 4.79 Å². The molecule has 3 aromatic rings. The van der Waals surface area contributed by atoms with Crippen LogP contribution < -0.4 is 14.2 Å². The van der Waals surface area contributed by atoms with Gasteiger partial charge in [-0.05, 0) is 59.5 Å². The number of carbonyl (C=O) groups is 1. The normalized spacial score (nSPS) is 11.1. The predicted molar refractivity (Wildman–Crippen MR) is 127 cm³/mol. The Kier molecular flexibility index (Phi) is 8.63. The first-order chi connectivity index (χ1) is 16.7. The van der Waals surface area contributed by atoms with E-state index >= 15 is 0 Å². The molecule has 0 heterocycles. The van der Waals surface area contributed by atoms with E-state index in [1.54, 1.807) is 44.4 Å². The van der Waals surface area contributed by atoms with Gasteiger partial charge in [0.05, 0.1) is 33.3 Å². The fraction of sp³-hybridized carbons (Fsp3) is 0.296. The van der Waals surface area contributed by atoms with Crippen LogP contribution in [-0.2, 0) is 30.4 Å². The number of carbonyl (C=O) groups excluding carboxylic acids is 1. The van der Waals surface area contributed by atoms with Crippen LogP contribution >= 0.6 is 0 Å². The fourth-order valence-electron chi connectivity index (χ4n) is 3.64. The smallest absolute Gasteiger partial charge is 0.416 e. The van der Waals surface area contributed by atoms with Crippen LogP contribution in [0.4, 0.5) is 13.2 Å². The van der Waals surface area contributed by atoms with Gasteiger partial charge in [0.1, 0.15) is 5.75 Å². The maximum atomic E-state index is 13.2. The van der Waals surface area contributed by atoms with E-state index in [0.29, 0.717) is 35.8 Å². The number of nitrogens with zero attached hydrogens (tertiary/aromatic N) is 1. The summed E-state index contributed by atoms with van der Waals surface area (Å²) in [5.74, 6) is 1.75. The molecule has 0 aliphatic heterocycles. The molecule has 0 saturated carbocycles.